The van der Waals surface area contributed by atoms with Gasteiger partial charge in [-0.15, -0.1) is 18.2 Å². The van der Waals surface area contributed by atoms with Crippen molar-refractivity contribution in [3.63, 3.8) is 0 Å². The number of thioether (sulfide) groups is 1. The third kappa shape index (κ3) is 5.04. The first-order valence-electron chi connectivity index (χ1n) is 5.84. The predicted molar refractivity (Wildman–Crippen MR) is 87.2 cm³/mol. The molecule has 0 spiro atoms. The minimum Gasteiger partial charge on any atom is -0.478 e. The smallest absolute Gasteiger partial charge is 0.335 e. The summed E-state index contributed by atoms with van der Waals surface area (Å²) < 4.78 is 27.2. The maximum absolute atomic E-state index is 12.2. The molecule has 0 atom stereocenters. The second kappa shape index (κ2) is 7.84. The van der Waals surface area contributed by atoms with E-state index in [1.54, 1.807) is 6.92 Å². The first-order chi connectivity index (χ1) is 9.79. The fourth-order valence-corrected chi connectivity index (χ4v) is 4.22. The maximum Gasteiger partial charge on any atom is 0.335 e. The minimum atomic E-state index is -3.78. The average molecular weight is 392 g/mol. The number of nitrogens with one attached hydrogen (secondary N) is 1. The largest absolute Gasteiger partial charge is 0.478 e. The molecule has 0 heterocycles. The molecule has 0 radical (unpaired) electrons. The van der Waals surface area contributed by atoms with Gasteiger partial charge in [0.05, 0.1) is 16.2 Å². The van der Waals surface area contributed by atoms with Gasteiger partial charge >= 0.3 is 5.97 Å². The Balaban J connectivity index is 2.97. The van der Waals surface area contributed by atoms with E-state index in [1.807, 2.05) is 0 Å². The molecule has 0 aliphatic heterocycles. The van der Waals surface area contributed by atoms with E-state index in [1.165, 1.54) is 17.8 Å². The van der Waals surface area contributed by atoms with Crippen LogP contribution in [0, 0.1) is 19.3 Å². The number of aryl methyl sites for hydroxylation is 1. The van der Waals surface area contributed by atoms with Crippen LogP contribution in [0.5, 0.6) is 0 Å². The molecule has 2 N–H and O–H groups in total. The number of hydrogen-bond donors (Lipinski definition) is 2. The van der Waals surface area contributed by atoms with Gasteiger partial charge < -0.3 is 5.11 Å². The molecule has 0 amide bonds. The topological polar surface area (TPSA) is 83.5 Å². The van der Waals surface area contributed by atoms with Crippen LogP contribution in [0.3, 0.4) is 0 Å². The Kier molecular flexibility index (Phi) is 6.74. The molecule has 0 saturated heterocycles. The third-order valence-corrected chi connectivity index (χ3v) is 6.15. The summed E-state index contributed by atoms with van der Waals surface area (Å²) in [5.41, 5.74) is 0.467. The second-order valence-electron chi connectivity index (χ2n) is 4.06. The monoisotopic (exact) mass is 391 g/mol. The van der Waals surface area contributed by atoms with Crippen LogP contribution in [-0.4, -0.2) is 37.5 Å². The van der Waals surface area contributed by atoms with Crippen LogP contribution in [-0.2, 0) is 10.0 Å². The van der Waals surface area contributed by atoms with Crippen molar-refractivity contribution in [1.29, 1.82) is 0 Å². The van der Waals surface area contributed by atoms with E-state index in [9.17, 15) is 13.2 Å². The Labute approximate surface area is 136 Å². The molecular weight excluding hydrogens is 378 g/mol. The van der Waals surface area contributed by atoms with Crippen LogP contribution in [0.4, 0.5) is 0 Å². The summed E-state index contributed by atoms with van der Waals surface area (Å²) in [4.78, 5) is 10.9. The number of carbonyl (C=O) groups is 1. The van der Waals surface area contributed by atoms with E-state index in [0.717, 1.165) is 6.07 Å². The number of carboxylic acid groups (broad SMARTS) is 1. The van der Waals surface area contributed by atoms with Gasteiger partial charge in [-0.2, -0.15) is 0 Å². The van der Waals surface area contributed by atoms with Gasteiger partial charge in [0.15, 0.2) is 0 Å². The molecule has 1 aromatic carbocycles. The van der Waals surface area contributed by atoms with Crippen molar-refractivity contribution in [3.05, 3.63) is 27.7 Å². The van der Waals surface area contributed by atoms with Crippen LogP contribution in [0.25, 0.3) is 0 Å². The van der Waals surface area contributed by atoms with E-state index in [2.05, 4.69) is 26.6 Å². The van der Waals surface area contributed by atoms with E-state index in [4.69, 9.17) is 11.5 Å². The standard InChI is InChI=1S/C13H14BrNO4S2/c1-3-5-20-6-4-15-21(18,19)11-8-10(13(16)17)7-9(2)12(11)14/h1,7-8,15H,4-6H2,2H3,(H,16,17). The SMILES string of the molecule is C#CCSCCNS(=O)(=O)c1cc(C(=O)O)cc(C)c1Br. The van der Waals surface area contributed by atoms with Crippen LogP contribution in [0.15, 0.2) is 21.5 Å². The molecule has 21 heavy (non-hydrogen) atoms. The van der Waals surface area contributed by atoms with Crippen molar-refractivity contribution in [1.82, 2.24) is 4.72 Å². The Hall–Kier alpha value is -1.01. The summed E-state index contributed by atoms with van der Waals surface area (Å²) in [7, 11) is -3.78. The van der Waals surface area contributed by atoms with Gasteiger partial charge in [0.2, 0.25) is 10.0 Å². The number of rotatable bonds is 7. The molecule has 1 rings (SSSR count). The average Bonchev–Trinajstić information content (AvgIpc) is 2.40. The molecule has 0 saturated carbocycles. The molecular formula is C13H14BrNO4S2. The molecule has 1 aromatic rings. The zero-order valence-corrected chi connectivity index (χ0v) is 14.4. The van der Waals surface area contributed by atoms with Crippen LogP contribution in [0.2, 0.25) is 0 Å². The van der Waals surface area contributed by atoms with Crippen LogP contribution < -0.4 is 4.72 Å². The Morgan fingerprint density at radius 2 is 2.19 bits per heavy atom. The van der Waals surface area contributed by atoms with E-state index in [0.29, 0.717) is 21.5 Å². The lowest BCUT2D eigenvalue weighted by Gasteiger charge is -2.11. The van der Waals surface area contributed by atoms with Crippen LogP contribution in [0.1, 0.15) is 15.9 Å². The van der Waals surface area contributed by atoms with Gasteiger partial charge in [0.1, 0.15) is 0 Å². The van der Waals surface area contributed by atoms with Crippen molar-refractivity contribution in [2.24, 2.45) is 0 Å². The number of halogens is 1. The summed E-state index contributed by atoms with van der Waals surface area (Å²) in [5.74, 6) is 2.33. The van der Waals surface area contributed by atoms with Crippen molar-refractivity contribution in [3.8, 4) is 12.3 Å². The van der Waals surface area contributed by atoms with E-state index in [-0.39, 0.29) is 17.0 Å². The van der Waals surface area contributed by atoms with Crippen molar-refractivity contribution < 1.29 is 18.3 Å². The Morgan fingerprint density at radius 3 is 2.76 bits per heavy atom. The van der Waals surface area contributed by atoms with E-state index < -0.39 is 16.0 Å². The van der Waals surface area contributed by atoms with Crippen molar-refractivity contribution in [2.75, 3.05) is 18.1 Å². The first kappa shape index (κ1) is 18.0. The molecule has 0 bridgehead atoms. The fourth-order valence-electron chi connectivity index (χ4n) is 1.51. The summed E-state index contributed by atoms with van der Waals surface area (Å²) in [6.07, 6.45) is 5.10. The highest BCUT2D eigenvalue weighted by atomic mass is 79.9. The molecule has 0 fully saturated rings. The zero-order chi connectivity index (χ0) is 16.0. The molecule has 114 valence electrons. The van der Waals surface area contributed by atoms with Gasteiger partial charge in [0, 0.05) is 16.8 Å². The normalized spacial score (nSPS) is 11.1. The lowest BCUT2D eigenvalue weighted by atomic mass is 10.1. The molecule has 0 aliphatic carbocycles. The minimum absolute atomic E-state index is 0.0715. The lowest BCUT2D eigenvalue weighted by Crippen LogP contribution is -2.27. The predicted octanol–water partition coefficient (Wildman–Crippen LogP) is 2.10. The highest BCUT2D eigenvalue weighted by molar-refractivity contribution is 9.10. The Morgan fingerprint density at radius 1 is 1.52 bits per heavy atom. The molecule has 8 heteroatoms. The van der Waals surface area contributed by atoms with Crippen molar-refractivity contribution >= 4 is 43.7 Å². The summed E-state index contributed by atoms with van der Waals surface area (Å²) >= 11 is 4.62. The van der Waals surface area contributed by atoms with Gasteiger partial charge in [0.25, 0.3) is 0 Å². The maximum atomic E-state index is 12.2. The highest BCUT2D eigenvalue weighted by Gasteiger charge is 2.21. The highest BCUT2D eigenvalue weighted by Crippen LogP contribution is 2.27. The number of aromatic carboxylic acids is 1. The zero-order valence-electron chi connectivity index (χ0n) is 11.2. The number of hydrogen-bond acceptors (Lipinski definition) is 4. The van der Waals surface area contributed by atoms with Gasteiger partial charge in [-0.1, -0.05) is 5.92 Å². The molecule has 5 nitrogen and oxygen atoms in total. The first-order valence-corrected chi connectivity index (χ1v) is 9.27. The quantitative estimate of drug-likeness (QED) is 0.549. The van der Waals surface area contributed by atoms with Crippen LogP contribution >= 0.6 is 27.7 Å². The Bertz CT molecular complexity index is 680. The number of sulfonamides is 1. The number of benzene rings is 1. The third-order valence-electron chi connectivity index (χ3n) is 2.48. The molecule has 0 unspecified atom stereocenters. The number of carboxylic acids is 1. The van der Waals surface area contributed by atoms with Gasteiger partial charge in [-0.25, -0.2) is 17.9 Å². The number of terminal acetylenes is 1. The summed E-state index contributed by atoms with van der Waals surface area (Å²) in [6, 6.07) is 2.55. The van der Waals surface area contributed by atoms with E-state index >= 15 is 0 Å². The summed E-state index contributed by atoms with van der Waals surface area (Å²) in [5, 5.41) is 9.01. The van der Waals surface area contributed by atoms with Crippen molar-refractivity contribution in [2.45, 2.75) is 11.8 Å². The lowest BCUT2D eigenvalue weighted by molar-refractivity contribution is 0.0696. The molecule has 0 aromatic heterocycles. The summed E-state index contributed by atoms with van der Waals surface area (Å²) in [6.45, 7) is 1.86. The second-order valence-corrected chi connectivity index (χ2v) is 7.70. The van der Waals surface area contributed by atoms with Gasteiger partial charge in [-0.3, -0.25) is 0 Å². The molecule has 0 aliphatic rings. The van der Waals surface area contributed by atoms with Gasteiger partial charge in [-0.05, 0) is 40.5 Å². The fraction of sp³-hybridized carbons (Fsp3) is 0.308.